The van der Waals surface area contributed by atoms with Crippen LogP contribution < -0.4 is 38.5 Å². The van der Waals surface area contributed by atoms with E-state index in [1.807, 2.05) is 18.2 Å². The van der Waals surface area contributed by atoms with Gasteiger partial charge in [0.15, 0.2) is 0 Å². The van der Waals surface area contributed by atoms with Crippen molar-refractivity contribution in [3.63, 3.8) is 0 Å². The van der Waals surface area contributed by atoms with Gasteiger partial charge in [-0.3, -0.25) is 0 Å². The molecule has 3 aromatic rings. The summed E-state index contributed by atoms with van der Waals surface area (Å²) < 4.78 is 5.41. The Bertz CT molecular complexity index is 1240. The second-order valence-electron chi connectivity index (χ2n) is 9.93. The minimum atomic E-state index is -2.97. The predicted octanol–water partition coefficient (Wildman–Crippen LogP) is -0.121. The van der Waals surface area contributed by atoms with Gasteiger partial charge in [-0.1, -0.05) is 0 Å². The fraction of sp³-hybridized carbons (Fsp3) is 0.258. The van der Waals surface area contributed by atoms with E-state index in [1.165, 1.54) is 27.1 Å². The van der Waals surface area contributed by atoms with E-state index in [0.717, 1.165) is 11.1 Å². The zero-order chi connectivity index (χ0) is 25.1. The van der Waals surface area contributed by atoms with Crippen LogP contribution in [-0.4, -0.2) is 11.9 Å². The molecule has 1 amide bonds. The number of hydrogen-bond acceptors (Lipinski definition) is 1. The molecule has 1 aliphatic carbocycles. The van der Waals surface area contributed by atoms with E-state index >= 15 is 0 Å². The van der Waals surface area contributed by atoms with Crippen molar-refractivity contribution in [2.75, 3.05) is 0 Å². The van der Waals surface area contributed by atoms with Crippen molar-refractivity contribution in [1.82, 2.24) is 3.30 Å². The van der Waals surface area contributed by atoms with Crippen LogP contribution in [0.2, 0.25) is 0 Å². The number of allylic oxidation sites excluding steroid dienone is 4. The summed E-state index contributed by atoms with van der Waals surface area (Å²) in [5, 5.41) is 2.88. The summed E-state index contributed by atoms with van der Waals surface area (Å²) in [7, 11) is 0. The Morgan fingerprint density at radius 3 is 1.73 bits per heavy atom. The van der Waals surface area contributed by atoms with Crippen molar-refractivity contribution in [2.24, 2.45) is 5.92 Å². The molecular weight excluding hydrogens is 680 g/mol. The second kappa shape index (κ2) is 13.9. The molecule has 1 N–H and O–H groups in total. The molecule has 193 valence electrons. The zero-order valence-corrected chi connectivity index (χ0v) is 28.7. The van der Waals surface area contributed by atoms with Crippen molar-refractivity contribution in [3.8, 4) is 0 Å². The molecule has 37 heavy (non-hydrogen) atoms. The van der Waals surface area contributed by atoms with Crippen molar-refractivity contribution < 1.29 is 50.5 Å². The largest absolute Gasteiger partial charge is 1.00 e. The van der Waals surface area contributed by atoms with Gasteiger partial charge in [-0.25, -0.2) is 0 Å². The van der Waals surface area contributed by atoms with Crippen LogP contribution in [0.4, 0.5) is 0 Å². The fourth-order valence-electron chi connectivity index (χ4n) is 5.31. The first-order chi connectivity index (χ1) is 16.8. The third-order valence-electron chi connectivity index (χ3n) is 7.56. The maximum absolute atomic E-state index is 14.0. The topological polar surface area (TPSA) is 29.1 Å². The van der Waals surface area contributed by atoms with Crippen molar-refractivity contribution in [2.45, 2.75) is 47.5 Å². The SMILES string of the molecule is CC1=C(C)C(C)[C]([Hf+2]([NH]C(=O)c2ccccc2C(C)C)[SiH](c2ccccc2)c2ccccc2)=C1C.[Cl-].[Cl-]. The van der Waals surface area contributed by atoms with Gasteiger partial charge in [-0.2, -0.15) is 0 Å². The summed E-state index contributed by atoms with van der Waals surface area (Å²) in [6, 6.07) is 30.2. The molecule has 3 aromatic carbocycles. The van der Waals surface area contributed by atoms with Crippen LogP contribution in [0.25, 0.3) is 0 Å². The van der Waals surface area contributed by atoms with Gasteiger partial charge in [-0.05, 0) is 0 Å². The number of halogens is 2. The Morgan fingerprint density at radius 2 is 1.27 bits per heavy atom. The Balaban J connectivity index is 0.00000241. The Morgan fingerprint density at radius 1 is 0.784 bits per heavy atom. The molecule has 0 bridgehead atoms. The number of carbonyl (C=O) groups is 1. The van der Waals surface area contributed by atoms with Gasteiger partial charge in [0.05, 0.1) is 0 Å². The summed E-state index contributed by atoms with van der Waals surface area (Å²) >= 11 is -2.97. The minimum Gasteiger partial charge on any atom is -1.00 e. The molecule has 2 nitrogen and oxygen atoms in total. The quantitative estimate of drug-likeness (QED) is 0.340. The van der Waals surface area contributed by atoms with Gasteiger partial charge in [0.25, 0.3) is 0 Å². The van der Waals surface area contributed by atoms with Crippen LogP contribution in [-0.2, 0) is 20.9 Å². The Labute approximate surface area is 244 Å². The normalized spacial score (nSPS) is 15.0. The minimum absolute atomic E-state index is 0. The van der Waals surface area contributed by atoms with E-state index in [-0.39, 0.29) is 30.7 Å². The van der Waals surface area contributed by atoms with E-state index < -0.39 is 26.9 Å². The third kappa shape index (κ3) is 6.65. The average molecular weight is 716 g/mol. The van der Waals surface area contributed by atoms with Gasteiger partial charge in [0.2, 0.25) is 0 Å². The molecule has 0 spiro atoms. The van der Waals surface area contributed by atoms with E-state index in [0.29, 0.717) is 11.8 Å². The smallest absolute Gasteiger partial charge is 1.00 e. The van der Waals surface area contributed by atoms with Gasteiger partial charge in [0.1, 0.15) is 0 Å². The second-order valence-corrected chi connectivity index (χ2v) is 28.9. The molecule has 1 atom stereocenters. The average Bonchev–Trinajstić information content (AvgIpc) is 3.07. The Hall–Kier alpha value is -1.72. The molecule has 0 saturated heterocycles. The molecule has 0 aliphatic heterocycles. The van der Waals surface area contributed by atoms with Crippen LogP contribution in [0.5, 0.6) is 0 Å². The molecule has 4 rings (SSSR count). The summed E-state index contributed by atoms with van der Waals surface area (Å²) in [6.45, 7) is 13.5. The molecule has 0 heterocycles. The third-order valence-corrected chi connectivity index (χ3v) is 34.1. The maximum Gasteiger partial charge on any atom is -1.00 e. The standard InChI is InChI=1S/C12H11Si.C10H13NO.C9H13.2ClH.Hf/c1-3-7-11(8-4-1)13-12-9-5-2-6-10-12;1-7(2)8-5-3-4-6-9(8)10(11)12;1-6-5-7(2)9(4)8(6)3;;;/h1-10,13H;3-7H,1-2H3,(H2,11,12);6H,1-4H3;2*1H;/q;;;;;+3/p-3. The maximum atomic E-state index is 14.0. The molecule has 0 fully saturated rings. The number of benzene rings is 3. The van der Waals surface area contributed by atoms with Crippen molar-refractivity contribution in [3.05, 3.63) is 116 Å². The van der Waals surface area contributed by atoms with Crippen molar-refractivity contribution in [1.29, 1.82) is 0 Å². The number of nitrogens with one attached hydrogen (secondary N) is 1. The van der Waals surface area contributed by atoms with Gasteiger partial charge in [-0.15, -0.1) is 0 Å². The molecule has 1 unspecified atom stereocenters. The predicted molar refractivity (Wildman–Crippen MR) is 148 cm³/mol. The van der Waals surface area contributed by atoms with Crippen LogP contribution in [0.3, 0.4) is 0 Å². The summed E-state index contributed by atoms with van der Waals surface area (Å²) in [5.41, 5.74) is 6.28. The molecule has 0 aromatic heterocycles. The molecule has 1 aliphatic rings. The first kappa shape index (κ1) is 31.5. The first-order valence-corrected chi connectivity index (χ1v) is 24.1. The van der Waals surface area contributed by atoms with E-state index in [2.05, 4.69) is 112 Å². The zero-order valence-electron chi connectivity index (χ0n) is 22.5. The number of hydrogen-bond donors (Lipinski definition) is 1. The summed E-state index contributed by atoms with van der Waals surface area (Å²) in [5.74, 6) is -0.844. The first-order valence-electron chi connectivity index (χ1n) is 12.6. The molecule has 6 heteroatoms. The van der Waals surface area contributed by atoms with Crippen LogP contribution in [0, 0.1) is 5.92 Å². The summed E-state index contributed by atoms with van der Waals surface area (Å²) in [6.07, 6.45) is 0. The fourth-order valence-corrected chi connectivity index (χ4v) is 35.6. The number of carbonyl (C=O) groups excluding carboxylic acids is 1. The van der Waals surface area contributed by atoms with Gasteiger partial charge in [0, 0.05) is 0 Å². The van der Waals surface area contributed by atoms with E-state index in [9.17, 15) is 4.79 Å². The van der Waals surface area contributed by atoms with Crippen LogP contribution in [0.15, 0.2) is 105 Å². The molecule has 0 radical (unpaired) electrons. The van der Waals surface area contributed by atoms with Gasteiger partial charge < -0.3 is 24.8 Å². The van der Waals surface area contributed by atoms with E-state index in [4.69, 9.17) is 0 Å². The van der Waals surface area contributed by atoms with Crippen molar-refractivity contribution >= 4 is 22.3 Å². The van der Waals surface area contributed by atoms with E-state index in [1.54, 1.807) is 3.33 Å². The molecule has 0 saturated carbocycles. The number of rotatable bonds is 7. The monoisotopic (exact) mass is 716 g/mol. The Kier molecular flexibility index (Phi) is 11.8. The number of amides is 1. The van der Waals surface area contributed by atoms with Gasteiger partial charge >= 0.3 is 221 Å². The molecular formula is C31H36Cl2HfNOSi. The van der Waals surface area contributed by atoms with Crippen LogP contribution >= 0.6 is 0 Å². The van der Waals surface area contributed by atoms with Crippen LogP contribution in [0.1, 0.15) is 63.4 Å². The summed E-state index contributed by atoms with van der Waals surface area (Å²) in [4.78, 5) is 14.0.